The number of methoxy groups -OCH3 is 1. The van der Waals surface area contributed by atoms with Crippen LogP contribution in [-0.2, 0) is 4.79 Å². The Labute approximate surface area is 120 Å². The van der Waals surface area contributed by atoms with Gasteiger partial charge in [-0.05, 0) is 20.2 Å². The highest BCUT2D eigenvalue weighted by atomic mass is 16.5. The minimum atomic E-state index is -0.302. The molecule has 0 aliphatic carbocycles. The molecule has 1 N–H and O–H groups in total. The SMILES string of the molecule is COc1ccccc1C(C(=O)N1CCNCC1)N(C)C. The van der Waals surface area contributed by atoms with Gasteiger partial charge in [0.2, 0.25) is 5.91 Å². The van der Waals surface area contributed by atoms with Gasteiger partial charge in [-0.3, -0.25) is 9.69 Å². The predicted molar refractivity (Wildman–Crippen MR) is 78.9 cm³/mol. The molecule has 1 atom stereocenters. The number of nitrogens with zero attached hydrogens (tertiary/aromatic N) is 2. The van der Waals surface area contributed by atoms with Crippen LogP contribution in [0.5, 0.6) is 5.75 Å². The van der Waals surface area contributed by atoms with E-state index in [-0.39, 0.29) is 11.9 Å². The number of amides is 1. The quantitative estimate of drug-likeness (QED) is 0.881. The molecule has 1 amide bonds. The van der Waals surface area contributed by atoms with Crippen LogP contribution in [0.15, 0.2) is 24.3 Å². The smallest absolute Gasteiger partial charge is 0.244 e. The van der Waals surface area contributed by atoms with Crippen molar-refractivity contribution in [3.05, 3.63) is 29.8 Å². The summed E-state index contributed by atoms with van der Waals surface area (Å²) in [7, 11) is 5.50. The monoisotopic (exact) mass is 277 g/mol. The molecule has 5 nitrogen and oxygen atoms in total. The first-order valence-corrected chi connectivity index (χ1v) is 6.94. The van der Waals surface area contributed by atoms with E-state index in [1.54, 1.807) is 7.11 Å². The molecule has 1 saturated heterocycles. The van der Waals surface area contributed by atoms with E-state index in [0.717, 1.165) is 37.5 Å². The lowest BCUT2D eigenvalue weighted by Crippen LogP contribution is -2.49. The normalized spacial score (nSPS) is 17.1. The summed E-state index contributed by atoms with van der Waals surface area (Å²) >= 11 is 0. The molecule has 1 aliphatic heterocycles. The van der Waals surface area contributed by atoms with Gasteiger partial charge in [-0.1, -0.05) is 18.2 Å². The fourth-order valence-corrected chi connectivity index (χ4v) is 2.58. The van der Waals surface area contributed by atoms with Crippen molar-refractivity contribution in [2.24, 2.45) is 0 Å². The number of carbonyl (C=O) groups excluding carboxylic acids is 1. The maximum atomic E-state index is 12.8. The summed E-state index contributed by atoms with van der Waals surface area (Å²) in [5, 5.41) is 3.27. The van der Waals surface area contributed by atoms with E-state index in [9.17, 15) is 4.79 Å². The van der Waals surface area contributed by atoms with Gasteiger partial charge < -0.3 is 15.0 Å². The summed E-state index contributed by atoms with van der Waals surface area (Å²) in [6, 6.07) is 7.42. The number of para-hydroxylation sites is 1. The Balaban J connectivity index is 2.28. The van der Waals surface area contributed by atoms with Crippen LogP contribution in [0.4, 0.5) is 0 Å². The van der Waals surface area contributed by atoms with Crippen molar-refractivity contribution >= 4 is 5.91 Å². The molecular formula is C15H23N3O2. The van der Waals surface area contributed by atoms with Crippen LogP contribution in [0, 0.1) is 0 Å². The van der Waals surface area contributed by atoms with E-state index in [2.05, 4.69) is 5.32 Å². The summed E-state index contributed by atoms with van der Waals surface area (Å²) in [6.07, 6.45) is 0. The maximum Gasteiger partial charge on any atom is 0.244 e. The third-order valence-corrected chi connectivity index (χ3v) is 3.61. The van der Waals surface area contributed by atoms with Crippen molar-refractivity contribution in [2.45, 2.75) is 6.04 Å². The third-order valence-electron chi connectivity index (χ3n) is 3.61. The van der Waals surface area contributed by atoms with Crippen molar-refractivity contribution < 1.29 is 9.53 Å². The largest absolute Gasteiger partial charge is 0.496 e. The number of likely N-dealkylation sites (N-methyl/N-ethyl adjacent to an activating group) is 1. The summed E-state index contributed by atoms with van der Waals surface area (Å²) in [5.74, 6) is 0.899. The molecule has 1 heterocycles. The summed E-state index contributed by atoms with van der Waals surface area (Å²) in [4.78, 5) is 16.7. The molecule has 1 fully saturated rings. The zero-order chi connectivity index (χ0) is 14.5. The Morgan fingerprint density at radius 3 is 2.55 bits per heavy atom. The lowest BCUT2D eigenvalue weighted by Gasteiger charge is -2.34. The van der Waals surface area contributed by atoms with E-state index in [4.69, 9.17) is 4.74 Å². The Morgan fingerprint density at radius 1 is 1.30 bits per heavy atom. The van der Waals surface area contributed by atoms with Gasteiger partial charge in [-0.15, -0.1) is 0 Å². The summed E-state index contributed by atoms with van der Waals surface area (Å²) in [6.45, 7) is 3.24. The average molecular weight is 277 g/mol. The molecule has 0 bridgehead atoms. The number of ether oxygens (including phenoxy) is 1. The Hall–Kier alpha value is -1.59. The minimum Gasteiger partial charge on any atom is -0.496 e. The second kappa shape index (κ2) is 6.72. The van der Waals surface area contributed by atoms with Crippen molar-refractivity contribution in [2.75, 3.05) is 47.4 Å². The molecule has 1 aromatic carbocycles. The fraction of sp³-hybridized carbons (Fsp3) is 0.533. The van der Waals surface area contributed by atoms with E-state index in [1.165, 1.54) is 0 Å². The van der Waals surface area contributed by atoms with Crippen LogP contribution >= 0.6 is 0 Å². The Bertz CT molecular complexity index is 456. The topological polar surface area (TPSA) is 44.8 Å². The molecule has 1 aromatic rings. The van der Waals surface area contributed by atoms with E-state index in [0.29, 0.717) is 0 Å². The average Bonchev–Trinajstić information content (AvgIpc) is 2.48. The van der Waals surface area contributed by atoms with Gasteiger partial charge in [0.15, 0.2) is 0 Å². The molecule has 2 rings (SSSR count). The fourth-order valence-electron chi connectivity index (χ4n) is 2.58. The van der Waals surface area contributed by atoms with Crippen LogP contribution in [-0.4, -0.2) is 63.1 Å². The minimum absolute atomic E-state index is 0.140. The highest BCUT2D eigenvalue weighted by Gasteiger charge is 2.30. The first-order chi connectivity index (χ1) is 9.65. The second-order valence-corrected chi connectivity index (χ2v) is 5.18. The zero-order valence-electron chi connectivity index (χ0n) is 12.4. The molecular weight excluding hydrogens is 254 g/mol. The first kappa shape index (κ1) is 14.8. The Kier molecular flexibility index (Phi) is 4.98. The molecule has 110 valence electrons. The molecule has 0 aromatic heterocycles. The van der Waals surface area contributed by atoms with Gasteiger partial charge >= 0.3 is 0 Å². The number of hydrogen-bond donors (Lipinski definition) is 1. The number of hydrogen-bond acceptors (Lipinski definition) is 4. The number of benzene rings is 1. The molecule has 1 unspecified atom stereocenters. The highest BCUT2D eigenvalue weighted by Crippen LogP contribution is 2.29. The van der Waals surface area contributed by atoms with Crippen molar-refractivity contribution in [3.63, 3.8) is 0 Å². The summed E-state index contributed by atoms with van der Waals surface area (Å²) < 4.78 is 5.40. The van der Waals surface area contributed by atoms with E-state index in [1.807, 2.05) is 48.2 Å². The van der Waals surface area contributed by atoms with Crippen LogP contribution in [0.1, 0.15) is 11.6 Å². The molecule has 1 aliphatic rings. The lowest BCUT2D eigenvalue weighted by molar-refractivity contribution is -0.137. The Morgan fingerprint density at radius 2 is 1.95 bits per heavy atom. The van der Waals surface area contributed by atoms with Gasteiger partial charge in [0, 0.05) is 31.7 Å². The lowest BCUT2D eigenvalue weighted by atomic mass is 10.0. The number of piperazine rings is 1. The number of rotatable bonds is 4. The predicted octanol–water partition coefficient (Wildman–Crippen LogP) is 0.730. The molecule has 0 saturated carbocycles. The van der Waals surface area contributed by atoms with Crippen LogP contribution in [0.3, 0.4) is 0 Å². The van der Waals surface area contributed by atoms with Crippen LogP contribution in [0.25, 0.3) is 0 Å². The number of carbonyl (C=O) groups is 1. The van der Waals surface area contributed by atoms with E-state index >= 15 is 0 Å². The standard InChI is InChI=1S/C15H23N3O2/c1-17(2)14(12-6-4-5-7-13(12)20-3)15(19)18-10-8-16-9-11-18/h4-7,14,16H,8-11H2,1-3H3. The molecule has 20 heavy (non-hydrogen) atoms. The van der Waals surface area contributed by atoms with Crippen molar-refractivity contribution in [3.8, 4) is 5.75 Å². The van der Waals surface area contributed by atoms with Crippen molar-refractivity contribution in [1.29, 1.82) is 0 Å². The molecule has 5 heteroatoms. The van der Waals surface area contributed by atoms with Gasteiger partial charge in [0.05, 0.1) is 7.11 Å². The van der Waals surface area contributed by atoms with Gasteiger partial charge in [-0.25, -0.2) is 0 Å². The highest BCUT2D eigenvalue weighted by molar-refractivity contribution is 5.84. The van der Waals surface area contributed by atoms with Crippen molar-refractivity contribution in [1.82, 2.24) is 15.1 Å². The molecule has 0 spiro atoms. The van der Waals surface area contributed by atoms with Gasteiger partial charge in [0.1, 0.15) is 11.8 Å². The zero-order valence-corrected chi connectivity index (χ0v) is 12.4. The van der Waals surface area contributed by atoms with Crippen LogP contribution < -0.4 is 10.1 Å². The third kappa shape index (κ3) is 3.11. The molecule has 0 radical (unpaired) electrons. The van der Waals surface area contributed by atoms with Gasteiger partial charge in [0.25, 0.3) is 0 Å². The first-order valence-electron chi connectivity index (χ1n) is 6.94. The van der Waals surface area contributed by atoms with Gasteiger partial charge in [-0.2, -0.15) is 0 Å². The second-order valence-electron chi connectivity index (χ2n) is 5.18. The van der Waals surface area contributed by atoms with E-state index < -0.39 is 0 Å². The van der Waals surface area contributed by atoms with Crippen LogP contribution in [0.2, 0.25) is 0 Å². The summed E-state index contributed by atoms with van der Waals surface area (Å²) in [5.41, 5.74) is 0.920. The number of nitrogens with one attached hydrogen (secondary N) is 1. The maximum absolute atomic E-state index is 12.8.